The molecule has 3 N–H and O–H groups in total. The van der Waals surface area contributed by atoms with E-state index in [0.29, 0.717) is 107 Å². The predicted molar refractivity (Wildman–Crippen MR) is 249 cm³/mol. The van der Waals surface area contributed by atoms with Gasteiger partial charge in [0.25, 0.3) is 0 Å². The van der Waals surface area contributed by atoms with Crippen LogP contribution in [-0.4, -0.2) is 97.5 Å². The number of aromatic nitrogens is 2. The summed E-state index contributed by atoms with van der Waals surface area (Å²) in [5.74, 6) is -0.393. The second-order valence-electron chi connectivity index (χ2n) is 18.9. The number of nitrogens with zero attached hydrogens (tertiary/aromatic N) is 4. The average Bonchev–Trinajstić information content (AvgIpc) is 3.46. The number of rotatable bonds is 4. The number of piperidine rings is 2. The number of ether oxygens (including phenoxy) is 2. The molecule has 4 heterocycles. The first-order chi connectivity index (χ1) is 31.7. The third kappa shape index (κ3) is 11.3. The number of pyridine rings is 2. The van der Waals surface area contributed by atoms with E-state index < -0.39 is 37.2 Å². The van der Waals surface area contributed by atoms with Gasteiger partial charge in [-0.1, -0.05) is 47.5 Å². The number of carbonyl (C=O) groups excluding carboxylic acids is 3. The molecule has 0 bridgehead atoms. The molecule has 2 aliphatic carbocycles. The quantitative estimate of drug-likeness (QED) is 0.130. The molecule has 2 unspecified atom stereocenters. The molecule has 357 valence electrons. The molecule has 2 amide bonds. The van der Waals surface area contributed by atoms with Gasteiger partial charge in [0.05, 0.1) is 18.0 Å². The topological polar surface area (TPSA) is 197 Å². The van der Waals surface area contributed by atoms with Crippen molar-refractivity contribution in [1.29, 1.82) is 0 Å². The maximum absolute atomic E-state index is 12.5. The van der Waals surface area contributed by atoms with Crippen LogP contribution in [-0.2, 0) is 48.0 Å². The second-order valence-corrected chi connectivity index (χ2v) is 20.0. The number of amides is 2. The zero-order valence-corrected chi connectivity index (χ0v) is 41.0. The molecule has 2 aromatic carbocycles. The van der Waals surface area contributed by atoms with Gasteiger partial charge in [0.1, 0.15) is 22.4 Å². The third-order valence-corrected chi connectivity index (χ3v) is 12.7. The number of allylic oxidation sites excluding steroid dienone is 1. The van der Waals surface area contributed by atoms with Crippen molar-refractivity contribution < 1.29 is 61.7 Å². The number of aliphatic hydroxyl groups is 3. The summed E-state index contributed by atoms with van der Waals surface area (Å²) in [6.45, 7) is 12.8. The Labute approximate surface area is 406 Å². The van der Waals surface area contributed by atoms with E-state index in [-0.39, 0.29) is 30.6 Å². The molecule has 2 atom stereocenters. The van der Waals surface area contributed by atoms with Crippen molar-refractivity contribution in [3.63, 3.8) is 0 Å². The standard InChI is InChI=1S/C25H29ClN2O4.C25H27ClN2O4.Mn.2O/c2*1-24(2,3)32-23(30)28-11-8-18(9-12-28)25(31)21-7-6-19(26)14-20(21)17(15-29)13-16-5-4-10-27-22(16)25;;;/h4-7,10,13-14,18,29,31H,8-9,11-12,15H2,1-3H3;4-7,10,13-15,18,31H,8-9,11-12H2,1-3H3;;;. The van der Waals surface area contributed by atoms with Crippen LogP contribution >= 0.6 is 23.2 Å². The molecule has 14 nitrogen and oxygen atoms in total. The monoisotopic (exact) mass is 997 g/mol. The molecular weight excluding hydrogens is 942 g/mol. The van der Waals surface area contributed by atoms with Crippen LogP contribution in [0.4, 0.5) is 9.59 Å². The molecule has 8 rings (SSSR count). The Morgan fingerprint density at radius 2 is 1.12 bits per heavy atom. The van der Waals surface area contributed by atoms with Crippen LogP contribution in [0.15, 0.2) is 73.1 Å². The predicted octanol–water partition coefficient (Wildman–Crippen LogP) is 8.90. The Morgan fingerprint density at radius 1 is 0.716 bits per heavy atom. The SMILES string of the molecule is CC(C)(C)OC(=O)N1CCC(C2(O)c3ccc(Cl)cc3C(C=O)=Cc3cccnc32)CC1.CC(C)(C)OC(=O)N1CCC(C2(O)c3ccc(Cl)cc3C(CO)=Cc3cccnc32)CC1.[O]=[Mn]=[O]. The maximum atomic E-state index is 12.5. The number of aliphatic hydroxyl groups excluding tert-OH is 1. The van der Waals surface area contributed by atoms with Gasteiger partial charge in [0.15, 0.2) is 6.29 Å². The van der Waals surface area contributed by atoms with Gasteiger partial charge in [0.2, 0.25) is 0 Å². The van der Waals surface area contributed by atoms with Gasteiger partial charge < -0.3 is 34.6 Å². The van der Waals surface area contributed by atoms with E-state index >= 15 is 0 Å². The Balaban J connectivity index is 0.000000209. The zero-order valence-electron chi connectivity index (χ0n) is 38.3. The number of halogens is 2. The number of fused-ring (bicyclic) bond motifs is 4. The molecule has 17 heteroatoms. The molecule has 2 aromatic heterocycles. The minimum atomic E-state index is -1.44. The van der Waals surface area contributed by atoms with Crippen molar-refractivity contribution >= 4 is 65.0 Å². The first-order valence-electron chi connectivity index (χ1n) is 22.0. The summed E-state index contributed by atoms with van der Waals surface area (Å²) in [5.41, 5.74) is 2.31. The number of carbonyl (C=O) groups is 3. The molecule has 0 saturated carbocycles. The number of hydrogen-bond acceptors (Lipinski definition) is 12. The number of benzene rings is 2. The Morgan fingerprint density at radius 3 is 1.52 bits per heavy atom. The summed E-state index contributed by atoms with van der Waals surface area (Å²) in [5, 5.41) is 35.7. The normalized spacial score (nSPS) is 20.5. The average molecular weight is 999 g/mol. The first-order valence-corrected chi connectivity index (χ1v) is 23.7. The van der Waals surface area contributed by atoms with Gasteiger partial charge in [0, 0.05) is 71.6 Å². The summed E-state index contributed by atoms with van der Waals surface area (Å²) in [7, 11) is 0. The fourth-order valence-electron chi connectivity index (χ4n) is 9.34. The Bertz CT molecular complexity index is 2590. The Hall–Kier alpha value is -4.99. The van der Waals surface area contributed by atoms with E-state index in [0.717, 1.165) is 17.4 Å². The fourth-order valence-corrected chi connectivity index (χ4v) is 9.69. The van der Waals surface area contributed by atoms with Crippen LogP contribution in [0.2, 0.25) is 10.0 Å². The molecule has 2 saturated heterocycles. The van der Waals surface area contributed by atoms with Crippen molar-refractivity contribution in [2.24, 2.45) is 11.8 Å². The Kier molecular flexibility index (Phi) is 16.2. The molecule has 2 aliphatic heterocycles. The number of aldehydes is 1. The second kappa shape index (κ2) is 21.1. The van der Waals surface area contributed by atoms with Crippen LogP contribution in [0.1, 0.15) is 112 Å². The first kappa shape index (κ1) is 51.4. The van der Waals surface area contributed by atoms with Gasteiger partial charge in [-0.2, -0.15) is 0 Å². The third-order valence-electron chi connectivity index (χ3n) is 12.3. The van der Waals surface area contributed by atoms with Gasteiger partial charge in [-0.05, 0) is 149 Å². The van der Waals surface area contributed by atoms with E-state index in [9.17, 15) is 29.7 Å². The zero-order chi connectivity index (χ0) is 48.9. The molecule has 2 fully saturated rings. The van der Waals surface area contributed by atoms with E-state index in [1.807, 2.05) is 71.9 Å². The van der Waals surface area contributed by atoms with E-state index in [1.54, 1.807) is 64.7 Å². The van der Waals surface area contributed by atoms with Crippen molar-refractivity contribution in [3.8, 4) is 0 Å². The molecule has 4 aromatic rings. The molecule has 4 aliphatic rings. The minimum absolute atomic E-state index is 0.179. The fraction of sp³-hybridized carbons (Fsp3) is 0.420. The molecule has 0 radical (unpaired) electrons. The van der Waals surface area contributed by atoms with Crippen LogP contribution in [0.5, 0.6) is 0 Å². The molecule has 0 spiro atoms. The van der Waals surface area contributed by atoms with Crippen LogP contribution < -0.4 is 0 Å². The van der Waals surface area contributed by atoms with Gasteiger partial charge in [-0.25, -0.2) is 9.59 Å². The van der Waals surface area contributed by atoms with Crippen molar-refractivity contribution in [3.05, 3.63) is 128 Å². The van der Waals surface area contributed by atoms with Gasteiger partial charge in [-0.15, -0.1) is 0 Å². The van der Waals surface area contributed by atoms with E-state index in [2.05, 4.69) is 9.97 Å². The van der Waals surface area contributed by atoms with Gasteiger partial charge >= 0.3 is 34.7 Å². The summed E-state index contributed by atoms with van der Waals surface area (Å²) in [6.07, 6.45) is 9.33. The van der Waals surface area contributed by atoms with Crippen molar-refractivity contribution in [2.75, 3.05) is 32.8 Å². The number of likely N-dealkylation sites (tertiary alicyclic amines) is 2. The van der Waals surface area contributed by atoms with E-state index in [1.165, 1.54) is 0 Å². The van der Waals surface area contributed by atoms with Crippen molar-refractivity contribution in [1.82, 2.24) is 19.8 Å². The summed E-state index contributed by atoms with van der Waals surface area (Å²) < 4.78 is 27.8. The van der Waals surface area contributed by atoms with E-state index in [4.69, 9.17) is 40.3 Å². The molecule has 67 heavy (non-hydrogen) atoms. The van der Waals surface area contributed by atoms with Gasteiger partial charge in [-0.3, -0.25) is 14.8 Å². The van der Waals surface area contributed by atoms with Crippen LogP contribution in [0.25, 0.3) is 23.3 Å². The van der Waals surface area contributed by atoms with Crippen LogP contribution in [0, 0.1) is 11.8 Å². The van der Waals surface area contributed by atoms with Crippen molar-refractivity contribution in [2.45, 2.75) is 89.6 Å². The van der Waals surface area contributed by atoms with Crippen LogP contribution in [0.3, 0.4) is 0 Å². The number of hydrogen-bond donors (Lipinski definition) is 3. The summed E-state index contributed by atoms with van der Waals surface area (Å²) in [6, 6.07) is 17.9. The summed E-state index contributed by atoms with van der Waals surface area (Å²) >= 11 is 11.1. The summed E-state index contributed by atoms with van der Waals surface area (Å²) in [4.78, 5) is 49.5. The molecular formula is C50H56Cl2MnN4O10.